The third kappa shape index (κ3) is 1.83. The molecule has 0 aliphatic carbocycles. The van der Waals surface area contributed by atoms with E-state index in [2.05, 4.69) is 14.7 Å². The molecule has 0 fully saturated rings. The number of hydrogen-bond acceptors (Lipinski definition) is 4. The van der Waals surface area contributed by atoms with Crippen LogP contribution in [0.25, 0.3) is 0 Å². The first-order chi connectivity index (χ1) is 7.20. The molecule has 0 aliphatic rings. The lowest BCUT2D eigenvalue weighted by Gasteiger charge is -1.97. The van der Waals surface area contributed by atoms with Crippen molar-refractivity contribution in [2.45, 2.75) is 19.9 Å². The molecule has 2 aromatic rings. The highest BCUT2D eigenvalue weighted by Crippen LogP contribution is 2.03. The highest BCUT2D eigenvalue weighted by atomic mass is 16.5. The van der Waals surface area contributed by atoms with Crippen molar-refractivity contribution < 1.29 is 4.52 Å². The van der Waals surface area contributed by atoms with Gasteiger partial charge in [0.05, 0.1) is 18.4 Å². The standard InChI is InChI=1S/C9H12N4O2/c1-3-13-8(11-15-9(13)14)4-7-5-12(2)6-10-7/h5-6H,3-4H2,1-2H3. The molecular formula is C9H12N4O2. The fourth-order valence-corrected chi connectivity index (χ4v) is 1.46. The van der Waals surface area contributed by atoms with Crippen LogP contribution in [0.4, 0.5) is 0 Å². The van der Waals surface area contributed by atoms with E-state index >= 15 is 0 Å². The lowest BCUT2D eigenvalue weighted by Crippen LogP contribution is -2.15. The van der Waals surface area contributed by atoms with Gasteiger partial charge in [-0.2, -0.15) is 0 Å². The summed E-state index contributed by atoms with van der Waals surface area (Å²) in [5, 5.41) is 3.72. The minimum Gasteiger partial charge on any atom is -0.340 e. The number of aromatic nitrogens is 4. The van der Waals surface area contributed by atoms with Gasteiger partial charge in [-0.1, -0.05) is 5.16 Å². The predicted octanol–water partition coefficient (Wildman–Crippen LogP) is 0.180. The summed E-state index contributed by atoms with van der Waals surface area (Å²) >= 11 is 0. The first-order valence-corrected chi connectivity index (χ1v) is 4.73. The van der Waals surface area contributed by atoms with E-state index in [0.717, 1.165) is 5.69 Å². The molecule has 2 heterocycles. The topological polar surface area (TPSA) is 65.8 Å². The second kappa shape index (κ2) is 3.72. The Balaban J connectivity index is 2.28. The van der Waals surface area contributed by atoms with Crippen LogP contribution in [0.2, 0.25) is 0 Å². The summed E-state index contributed by atoms with van der Waals surface area (Å²) in [5.74, 6) is 0.199. The number of aryl methyl sites for hydroxylation is 1. The molecule has 6 nitrogen and oxygen atoms in total. The second-order valence-electron chi connectivity index (χ2n) is 3.32. The van der Waals surface area contributed by atoms with Crippen LogP contribution < -0.4 is 5.76 Å². The molecule has 0 radical (unpaired) electrons. The molecule has 0 aromatic carbocycles. The van der Waals surface area contributed by atoms with Gasteiger partial charge in [0.15, 0.2) is 5.82 Å². The molecule has 0 saturated carbocycles. The fourth-order valence-electron chi connectivity index (χ4n) is 1.46. The zero-order valence-electron chi connectivity index (χ0n) is 8.67. The van der Waals surface area contributed by atoms with E-state index in [4.69, 9.17) is 0 Å². The van der Waals surface area contributed by atoms with Crippen LogP contribution in [0, 0.1) is 0 Å². The quantitative estimate of drug-likeness (QED) is 0.721. The summed E-state index contributed by atoms with van der Waals surface area (Å²) in [5.41, 5.74) is 0.869. The molecule has 0 bridgehead atoms. The first-order valence-electron chi connectivity index (χ1n) is 4.73. The first kappa shape index (κ1) is 9.70. The molecule has 2 aromatic heterocycles. The average Bonchev–Trinajstić information content (AvgIpc) is 2.75. The van der Waals surface area contributed by atoms with Gasteiger partial charge in [-0.3, -0.25) is 9.09 Å². The van der Waals surface area contributed by atoms with Gasteiger partial charge in [0, 0.05) is 19.8 Å². The van der Waals surface area contributed by atoms with Gasteiger partial charge in [-0.05, 0) is 6.92 Å². The van der Waals surface area contributed by atoms with Gasteiger partial charge < -0.3 is 4.57 Å². The number of rotatable bonds is 3. The van der Waals surface area contributed by atoms with Gasteiger partial charge >= 0.3 is 5.76 Å². The van der Waals surface area contributed by atoms with Crippen LogP contribution in [0.1, 0.15) is 18.4 Å². The molecule has 6 heteroatoms. The summed E-state index contributed by atoms with van der Waals surface area (Å²) in [6.07, 6.45) is 4.11. The average molecular weight is 208 g/mol. The van der Waals surface area contributed by atoms with Gasteiger partial charge in [0.1, 0.15) is 0 Å². The molecule has 0 aliphatic heterocycles. The Morgan fingerprint density at radius 1 is 1.53 bits per heavy atom. The zero-order valence-corrected chi connectivity index (χ0v) is 8.67. The lowest BCUT2D eigenvalue weighted by atomic mass is 10.3. The van der Waals surface area contributed by atoms with E-state index in [1.165, 1.54) is 4.57 Å². The Hall–Kier alpha value is -1.85. The van der Waals surface area contributed by atoms with Crippen molar-refractivity contribution in [2.75, 3.05) is 0 Å². The largest absolute Gasteiger partial charge is 0.441 e. The third-order valence-electron chi connectivity index (χ3n) is 2.17. The molecule has 0 saturated heterocycles. The fraction of sp³-hybridized carbons (Fsp3) is 0.444. The smallest absolute Gasteiger partial charge is 0.340 e. The highest BCUT2D eigenvalue weighted by Gasteiger charge is 2.10. The van der Waals surface area contributed by atoms with Crippen LogP contribution in [0.3, 0.4) is 0 Å². The van der Waals surface area contributed by atoms with Crippen molar-refractivity contribution in [3.63, 3.8) is 0 Å². The molecule has 0 atom stereocenters. The van der Waals surface area contributed by atoms with Crippen LogP contribution >= 0.6 is 0 Å². The maximum absolute atomic E-state index is 11.2. The minimum atomic E-state index is -0.413. The summed E-state index contributed by atoms with van der Waals surface area (Å²) in [4.78, 5) is 15.3. The van der Waals surface area contributed by atoms with Crippen molar-refractivity contribution in [3.05, 3.63) is 34.6 Å². The summed E-state index contributed by atoms with van der Waals surface area (Å²) in [7, 11) is 1.90. The van der Waals surface area contributed by atoms with Gasteiger partial charge in [-0.25, -0.2) is 9.78 Å². The van der Waals surface area contributed by atoms with E-state index in [1.54, 1.807) is 6.33 Å². The molecule has 0 amide bonds. The zero-order chi connectivity index (χ0) is 10.8. The molecule has 2 rings (SSSR count). The summed E-state index contributed by atoms with van der Waals surface area (Å²) < 4.78 is 7.93. The number of imidazole rings is 1. The maximum atomic E-state index is 11.2. The number of hydrogen-bond donors (Lipinski definition) is 0. The van der Waals surface area contributed by atoms with E-state index in [-0.39, 0.29) is 0 Å². The van der Waals surface area contributed by atoms with Gasteiger partial charge in [-0.15, -0.1) is 0 Å². The molecule has 0 N–H and O–H groups in total. The van der Waals surface area contributed by atoms with Crippen molar-refractivity contribution in [1.82, 2.24) is 19.3 Å². The monoisotopic (exact) mass is 208 g/mol. The normalized spacial score (nSPS) is 10.8. The Morgan fingerprint density at radius 3 is 2.93 bits per heavy atom. The highest BCUT2D eigenvalue weighted by molar-refractivity contribution is 5.05. The molecular weight excluding hydrogens is 196 g/mol. The van der Waals surface area contributed by atoms with E-state index in [9.17, 15) is 4.79 Å². The minimum absolute atomic E-state index is 0.413. The van der Waals surface area contributed by atoms with Crippen LogP contribution in [0.15, 0.2) is 21.8 Å². The Labute approximate surface area is 86.1 Å². The van der Waals surface area contributed by atoms with Crippen LogP contribution in [-0.2, 0) is 20.0 Å². The molecule has 80 valence electrons. The molecule has 0 spiro atoms. The van der Waals surface area contributed by atoms with Crippen molar-refractivity contribution in [3.8, 4) is 0 Å². The third-order valence-corrected chi connectivity index (χ3v) is 2.17. The predicted molar refractivity (Wildman–Crippen MR) is 52.5 cm³/mol. The van der Waals surface area contributed by atoms with Crippen molar-refractivity contribution in [2.24, 2.45) is 7.05 Å². The van der Waals surface area contributed by atoms with Crippen molar-refractivity contribution in [1.29, 1.82) is 0 Å². The van der Waals surface area contributed by atoms with Gasteiger partial charge in [0.2, 0.25) is 0 Å². The Bertz CT molecular complexity index is 508. The van der Waals surface area contributed by atoms with E-state index < -0.39 is 5.76 Å². The Morgan fingerprint density at radius 2 is 2.33 bits per heavy atom. The van der Waals surface area contributed by atoms with Crippen LogP contribution in [0.5, 0.6) is 0 Å². The van der Waals surface area contributed by atoms with Crippen molar-refractivity contribution >= 4 is 0 Å². The lowest BCUT2D eigenvalue weighted by molar-refractivity contribution is 0.374. The second-order valence-corrected chi connectivity index (χ2v) is 3.32. The SMILES string of the molecule is CCn1c(Cc2cn(C)cn2)noc1=O. The maximum Gasteiger partial charge on any atom is 0.441 e. The van der Waals surface area contributed by atoms with Gasteiger partial charge in [0.25, 0.3) is 0 Å². The van der Waals surface area contributed by atoms with E-state index in [0.29, 0.717) is 18.8 Å². The van der Waals surface area contributed by atoms with Crippen LogP contribution in [-0.4, -0.2) is 19.3 Å². The van der Waals surface area contributed by atoms with E-state index in [1.807, 2.05) is 24.7 Å². The summed E-state index contributed by atoms with van der Waals surface area (Å²) in [6, 6.07) is 0. The molecule has 0 unspecified atom stereocenters. The number of nitrogens with zero attached hydrogens (tertiary/aromatic N) is 4. The summed E-state index contributed by atoms with van der Waals surface area (Å²) in [6.45, 7) is 2.44. The molecule has 15 heavy (non-hydrogen) atoms. The Kier molecular flexibility index (Phi) is 2.40.